The Morgan fingerprint density at radius 2 is 1.83 bits per heavy atom. The van der Waals surface area contributed by atoms with E-state index in [1.165, 1.54) is 6.42 Å². The van der Waals surface area contributed by atoms with E-state index >= 15 is 0 Å². The van der Waals surface area contributed by atoms with Gasteiger partial charge in [-0.15, -0.1) is 5.10 Å². The van der Waals surface area contributed by atoms with E-state index in [1.807, 2.05) is 6.20 Å². The molecule has 8 heteroatoms. The van der Waals surface area contributed by atoms with Crippen LogP contribution >= 0.6 is 0 Å². The highest BCUT2D eigenvalue weighted by molar-refractivity contribution is 5.97. The fourth-order valence-corrected chi connectivity index (χ4v) is 4.05. The maximum atomic E-state index is 12.9. The number of amides is 2. The quantitative estimate of drug-likeness (QED) is 0.780. The molecule has 2 saturated carbocycles. The monoisotopic (exact) mass is 392 g/mol. The fourth-order valence-electron chi connectivity index (χ4n) is 4.05. The Kier molecular flexibility index (Phi) is 5.05. The van der Waals surface area contributed by atoms with Gasteiger partial charge in [0.05, 0.1) is 18.3 Å². The van der Waals surface area contributed by atoms with Crippen molar-refractivity contribution in [3.63, 3.8) is 0 Å². The number of hydrogen-bond acceptors (Lipinski definition) is 5. The predicted molar refractivity (Wildman–Crippen MR) is 105 cm³/mol. The van der Waals surface area contributed by atoms with Crippen molar-refractivity contribution in [3.8, 4) is 6.07 Å². The van der Waals surface area contributed by atoms with Gasteiger partial charge in [-0.2, -0.15) is 5.26 Å². The molecule has 1 heterocycles. The molecule has 2 amide bonds. The van der Waals surface area contributed by atoms with Gasteiger partial charge in [-0.3, -0.25) is 9.59 Å². The van der Waals surface area contributed by atoms with Gasteiger partial charge < -0.3 is 11.1 Å². The summed E-state index contributed by atoms with van der Waals surface area (Å²) in [4.78, 5) is 24.1. The molecular weight excluding hydrogens is 368 g/mol. The van der Waals surface area contributed by atoms with Crippen molar-refractivity contribution in [2.75, 3.05) is 0 Å². The van der Waals surface area contributed by atoms with E-state index in [-0.39, 0.29) is 17.9 Å². The van der Waals surface area contributed by atoms with Crippen LogP contribution in [0.2, 0.25) is 0 Å². The zero-order valence-electron chi connectivity index (χ0n) is 16.2. The maximum absolute atomic E-state index is 12.9. The maximum Gasteiger partial charge on any atom is 0.251 e. The van der Waals surface area contributed by atoms with E-state index < -0.39 is 11.4 Å². The van der Waals surface area contributed by atoms with Gasteiger partial charge >= 0.3 is 0 Å². The molecule has 0 radical (unpaired) electrons. The SMILES string of the molecule is N#CC1(n2cc(C(NC(=O)c3ccc(C(N)=O)cc3)C3CCCCC3)nn2)CC1. The van der Waals surface area contributed by atoms with Crippen LogP contribution in [0.4, 0.5) is 0 Å². The summed E-state index contributed by atoms with van der Waals surface area (Å²) in [6, 6.07) is 8.34. The molecule has 0 spiro atoms. The molecule has 29 heavy (non-hydrogen) atoms. The number of nitrogens with one attached hydrogen (secondary N) is 1. The minimum Gasteiger partial charge on any atom is -0.366 e. The minimum absolute atomic E-state index is 0.229. The van der Waals surface area contributed by atoms with Crippen LogP contribution in [-0.2, 0) is 5.54 Å². The average Bonchev–Trinajstić information content (AvgIpc) is 3.41. The highest BCUT2D eigenvalue weighted by atomic mass is 16.2. The Bertz CT molecular complexity index is 948. The van der Waals surface area contributed by atoms with Crippen LogP contribution in [0, 0.1) is 17.2 Å². The summed E-state index contributed by atoms with van der Waals surface area (Å²) in [5.74, 6) is -0.479. The van der Waals surface area contributed by atoms with Crippen molar-refractivity contribution in [2.24, 2.45) is 11.7 Å². The predicted octanol–water partition coefficient (Wildman–Crippen LogP) is 2.44. The largest absolute Gasteiger partial charge is 0.366 e. The molecule has 3 N–H and O–H groups in total. The molecule has 2 aromatic rings. The lowest BCUT2D eigenvalue weighted by molar-refractivity contribution is 0.0909. The molecule has 1 unspecified atom stereocenters. The smallest absolute Gasteiger partial charge is 0.251 e. The number of aromatic nitrogens is 3. The van der Waals surface area contributed by atoms with E-state index in [4.69, 9.17) is 5.73 Å². The average molecular weight is 392 g/mol. The third-order valence-electron chi connectivity index (χ3n) is 6.04. The summed E-state index contributed by atoms with van der Waals surface area (Å²) < 4.78 is 1.64. The summed E-state index contributed by atoms with van der Waals surface area (Å²) >= 11 is 0. The second kappa shape index (κ2) is 7.66. The van der Waals surface area contributed by atoms with E-state index in [0.29, 0.717) is 16.8 Å². The number of carbonyl (C=O) groups excluding carboxylic acids is 2. The number of nitriles is 1. The normalized spacial score (nSPS) is 19.1. The number of primary amides is 1. The second-order valence-corrected chi connectivity index (χ2v) is 8.02. The molecule has 150 valence electrons. The number of carbonyl (C=O) groups is 2. The zero-order valence-corrected chi connectivity index (χ0v) is 16.2. The highest BCUT2D eigenvalue weighted by Crippen LogP contribution is 2.42. The van der Waals surface area contributed by atoms with Crippen LogP contribution in [0.3, 0.4) is 0 Å². The summed E-state index contributed by atoms with van der Waals surface area (Å²) in [5, 5.41) is 21.0. The molecule has 2 fully saturated rings. The Labute approximate surface area is 169 Å². The van der Waals surface area contributed by atoms with Gasteiger partial charge in [0.2, 0.25) is 5.91 Å². The third kappa shape index (κ3) is 3.86. The van der Waals surface area contributed by atoms with Crippen molar-refractivity contribution in [1.82, 2.24) is 20.3 Å². The van der Waals surface area contributed by atoms with E-state index in [1.54, 1.807) is 28.9 Å². The third-order valence-corrected chi connectivity index (χ3v) is 6.04. The molecule has 0 aliphatic heterocycles. The van der Waals surface area contributed by atoms with Crippen molar-refractivity contribution in [2.45, 2.75) is 56.5 Å². The van der Waals surface area contributed by atoms with Crippen molar-refractivity contribution < 1.29 is 9.59 Å². The van der Waals surface area contributed by atoms with Crippen LogP contribution in [0.15, 0.2) is 30.5 Å². The minimum atomic E-state index is -0.572. The van der Waals surface area contributed by atoms with E-state index in [9.17, 15) is 14.9 Å². The van der Waals surface area contributed by atoms with Gasteiger partial charge in [-0.25, -0.2) is 4.68 Å². The summed E-state index contributed by atoms with van der Waals surface area (Å²) in [6.07, 6.45) is 8.85. The second-order valence-electron chi connectivity index (χ2n) is 8.02. The number of rotatable bonds is 6. The number of nitrogens with zero attached hydrogens (tertiary/aromatic N) is 4. The van der Waals surface area contributed by atoms with Gasteiger partial charge in [0.1, 0.15) is 5.69 Å². The van der Waals surface area contributed by atoms with Gasteiger partial charge in [-0.1, -0.05) is 24.5 Å². The number of nitrogens with two attached hydrogens (primary N) is 1. The molecule has 0 bridgehead atoms. The fraction of sp³-hybridized carbons (Fsp3) is 0.476. The summed E-state index contributed by atoms with van der Waals surface area (Å²) in [5.41, 5.74) is 6.21. The Morgan fingerprint density at radius 1 is 1.17 bits per heavy atom. The first kappa shape index (κ1) is 19.1. The zero-order chi connectivity index (χ0) is 20.4. The van der Waals surface area contributed by atoms with E-state index in [2.05, 4.69) is 21.7 Å². The Balaban J connectivity index is 1.57. The summed E-state index contributed by atoms with van der Waals surface area (Å²) in [6.45, 7) is 0. The van der Waals surface area contributed by atoms with Gasteiger partial charge in [-0.05, 0) is 55.9 Å². The molecule has 8 nitrogen and oxygen atoms in total. The number of benzene rings is 1. The van der Waals surface area contributed by atoms with Crippen molar-refractivity contribution in [3.05, 3.63) is 47.3 Å². The molecule has 2 aliphatic carbocycles. The van der Waals surface area contributed by atoms with Crippen LogP contribution in [-0.4, -0.2) is 26.8 Å². The molecular formula is C21H24N6O2. The lowest BCUT2D eigenvalue weighted by Crippen LogP contribution is -2.34. The van der Waals surface area contributed by atoms with Crippen LogP contribution in [0.5, 0.6) is 0 Å². The van der Waals surface area contributed by atoms with Crippen molar-refractivity contribution >= 4 is 11.8 Å². The lowest BCUT2D eigenvalue weighted by Gasteiger charge is -2.29. The number of hydrogen-bond donors (Lipinski definition) is 2. The van der Waals surface area contributed by atoms with Gasteiger partial charge in [0.15, 0.2) is 5.54 Å². The van der Waals surface area contributed by atoms with Gasteiger partial charge in [0, 0.05) is 11.1 Å². The first-order valence-electron chi connectivity index (χ1n) is 10.1. The molecule has 2 aliphatic rings. The van der Waals surface area contributed by atoms with Crippen LogP contribution in [0.25, 0.3) is 0 Å². The standard InChI is InChI=1S/C21H24N6O2/c22-13-21(10-11-21)27-12-17(25-26-27)18(14-4-2-1-3-5-14)24-20(29)16-8-6-15(7-9-16)19(23)28/h6-9,12,14,18H,1-5,10-11H2,(H2,23,28)(H,24,29). The molecule has 1 aromatic carbocycles. The van der Waals surface area contributed by atoms with Crippen molar-refractivity contribution in [1.29, 1.82) is 5.26 Å². The first-order valence-corrected chi connectivity index (χ1v) is 10.1. The van der Waals surface area contributed by atoms with Crippen LogP contribution < -0.4 is 11.1 Å². The molecule has 4 rings (SSSR count). The topological polar surface area (TPSA) is 127 Å². The summed E-state index contributed by atoms with van der Waals surface area (Å²) in [7, 11) is 0. The molecule has 1 aromatic heterocycles. The Morgan fingerprint density at radius 3 is 2.41 bits per heavy atom. The lowest BCUT2D eigenvalue weighted by atomic mass is 9.82. The van der Waals surface area contributed by atoms with Gasteiger partial charge in [0.25, 0.3) is 5.91 Å². The van der Waals surface area contributed by atoms with E-state index in [0.717, 1.165) is 38.5 Å². The molecule has 0 saturated heterocycles. The Hall–Kier alpha value is -3.21. The van der Waals surface area contributed by atoms with Crippen LogP contribution in [0.1, 0.15) is 77.4 Å². The first-order chi connectivity index (χ1) is 14.0. The molecule has 1 atom stereocenters. The highest BCUT2D eigenvalue weighted by Gasteiger charge is 2.47.